The Labute approximate surface area is 187 Å². The van der Waals surface area contributed by atoms with E-state index in [1.54, 1.807) is 0 Å². The van der Waals surface area contributed by atoms with E-state index >= 15 is 0 Å². The fourth-order valence-electron chi connectivity index (χ4n) is 3.85. The number of fused-ring (bicyclic) bond motifs is 1. The molecule has 2 unspecified atom stereocenters. The van der Waals surface area contributed by atoms with Crippen LogP contribution in [0.1, 0.15) is 18.4 Å². The molecule has 0 saturated carbocycles. The molecule has 2 heterocycles. The van der Waals surface area contributed by atoms with Crippen LogP contribution in [0, 0.1) is 0 Å². The molecule has 2 aromatic carbocycles. The van der Waals surface area contributed by atoms with Crippen molar-refractivity contribution in [3.8, 4) is 5.75 Å². The average molecular weight is 458 g/mol. The Bertz CT molecular complexity index is 1210. The highest BCUT2D eigenvalue weighted by molar-refractivity contribution is 6.21. The molecule has 1 saturated heterocycles. The van der Waals surface area contributed by atoms with Gasteiger partial charge in [-0.05, 0) is 42.0 Å². The van der Waals surface area contributed by atoms with Crippen molar-refractivity contribution in [2.45, 2.75) is 25.2 Å². The van der Waals surface area contributed by atoms with Gasteiger partial charge in [-0.1, -0.05) is 25.1 Å². The zero-order chi connectivity index (χ0) is 23.9. The largest absolute Gasteiger partial charge is 0.573 e. The molecule has 1 aliphatic rings. The first-order chi connectivity index (χ1) is 15.5. The molecule has 33 heavy (non-hydrogen) atoms. The van der Waals surface area contributed by atoms with Crippen molar-refractivity contribution in [2.75, 3.05) is 23.9 Å². The summed E-state index contributed by atoms with van der Waals surface area (Å²) in [5, 5.41) is 3.57. The minimum absolute atomic E-state index is 0.148. The van der Waals surface area contributed by atoms with Crippen molar-refractivity contribution >= 4 is 34.3 Å². The van der Waals surface area contributed by atoms with E-state index in [-0.39, 0.29) is 5.69 Å². The second-order valence-corrected chi connectivity index (χ2v) is 7.91. The van der Waals surface area contributed by atoms with E-state index in [1.807, 2.05) is 56.3 Å². The second-order valence-electron chi connectivity index (χ2n) is 7.91. The molecule has 1 aromatic heterocycles. The molecule has 3 aromatic rings. The van der Waals surface area contributed by atoms with E-state index in [2.05, 4.69) is 15.0 Å². The number of amides is 3. The molecule has 0 aliphatic carbocycles. The third-order valence-electron chi connectivity index (χ3n) is 5.48. The quantitative estimate of drug-likeness (QED) is 0.573. The Morgan fingerprint density at radius 1 is 1.09 bits per heavy atom. The summed E-state index contributed by atoms with van der Waals surface area (Å²) >= 11 is 0. The number of alkyl halides is 3. The van der Waals surface area contributed by atoms with E-state index in [4.69, 9.17) is 0 Å². The number of anilines is 2. The lowest BCUT2D eigenvalue weighted by Gasteiger charge is -2.22. The Kier molecular flexibility index (Phi) is 5.61. The van der Waals surface area contributed by atoms with Gasteiger partial charge in [0.05, 0.1) is 11.2 Å². The summed E-state index contributed by atoms with van der Waals surface area (Å²) in [7, 11) is 3.73. The van der Waals surface area contributed by atoms with Crippen LogP contribution in [0.5, 0.6) is 5.75 Å². The summed E-state index contributed by atoms with van der Waals surface area (Å²) < 4.78 is 41.0. The average Bonchev–Trinajstić information content (AvgIpc) is 3.06. The van der Waals surface area contributed by atoms with Gasteiger partial charge in [0.1, 0.15) is 17.6 Å². The van der Waals surface area contributed by atoms with Gasteiger partial charge in [0.15, 0.2) is 0 Å². The van der Waals surface area contributed by atoms with Crippen molar-refractivity contribution < 1.29 is 27.5 Å². The standard InChI is InChI=1S/C23H21F3N4O3/c1-13(17-12-19(29(2)3)27-18-7-5-4-6-16(17)18)20-21(31)30(22(32)28-20)14-8-10-15(11-9-14)33-23(24,25)26/h4-13,20H,1-3H3,(H,28,32). The number of benzene rings is 2. The highest BCUT2D eigenvalue weighted by atomic mass is 19.4. The fraction of sp³-hybridized carbons (Fsp3) is 0.261. The molecule has 1 aliphatic heterocycles. The van der Waals surface area contributed by atoms with Gasteiger partial charge in [-0.3, -0.25) is 4.79 Å². The molecule has 7 nitrogen and oxygen atoms in total. The fourth-order valence-corrected chi connectivity index (χ4v) is 3.85. The maximum Gasteiger partial charge on any atom is 0.573 e. The van der Waals surface area contributed by atoms with Crippen LogP contribution >= 0.6 is 0 Å². The maximum atomic E-state index is 13.2. The molecule has 10 heteroatoms. The number of carbonyl (C=O) groups is 2. The van der Waals surface area contributed by atoms with Crippen molar-refractivity contribution in [2.24, 2.45) is 0 Å². The molecule has 1 N–H and O–H groups in total. The van der Waals surface area contributed by atoms with Crippen LogP contribution < -0.4 is 19.9 Å². The van der Waals surface area contributed by atoms with E-state index < -0.39 is 36.0 Å². The van der Waals surface area contributed by atoms with Crippen molar-refractivity contribution in [3.63, 3.8) is 0 Å². The number of urea groups is 1. The van der Waals surface area contributed by atoms with Gasteiger partial charge >= 0.3 is 12.4 Å². The number of nitrogens with one attached hydrogen (secondary N) is 1. The molecule has 4 rings (SSSR count). The lowest BCUT2D eigenvalue weighted by molar-refractivity contribution is -0.274. The number of hydrogen-bond acceptors (Lipinski definition) is 5. The highest BCUT2D eigenvalue weighted by Gasteiger charge is 2.43. The summed E-state index contributed by atoms with van der Waals surface area (Å²) in [6.45, 7) is 1.84. The van der Waals surface area contributed by atoms with Crippen LogP contribution in [0.3, 0.4) is 0 Å². The Morgan fingerprint density at radius 2 is 1.76 bits per heavy atom. The van der Waals surface area contributed by atoms with Crippen LogP contribution in [0.2, 0.25) is 0 Å². The predicted octanol–water partition coefficient (Wildman–Crippen LogP) is 4.43. The van der Waals surface area contributed by atoms with Crippen LogP contribution in [0.15, 0.2) is 54.6 Å². The van der Waals surface area contributed by atoms with E-state index in [0.29, 0.717) is 5.82 Å². The van der Waals surface area contributed by atoms with E-state index in [1.165, 1.54) is 12.1 Å². The number of rotatable bonds is 5. The number of imide groups is 1. The number of pyridine rings is 1. The van der Waals surface area contributed by atoms with Gasteiger partial charge in [-0.15, -0.1) is 13.2 Å². The zero-order valence-electron chi connectivity index (χ0n) is 18.1. The van der Waals surface area contributed by atoms with Crippen LogP contribution in [0.25, 0.3) is 10.9 Å². The molecular weight excluding hydrogens is 437 g/mol. The summed E-state index contributed by atoms with van der Waals surface area (Å²) in [5.41, 5.74) is 1.76. The van der Waals surface area contributed by atoms with Gasteiger partial charge < -0.3 is 15.0 Å². The lowest BCUT2D eigenvalue weighted by atomic mass is 9.90. The molecule has 0 bridgehead atoms. The Morgan fingerprint density at radius 3 is 2.39 bits per heavy atom. The summed E-state index contributed by atoms with van der Waals surface area (Å²) in [4.78, 5) is 33.3. The molecule has 0 radical (unpaired) electrons. The second kappa shape index (κ2) is 8.27. The van der Waals surface area contributed by atoms with Crippen molar-refractivity contribution in [3.05, 3.63) is 60.2 Å². The number of nitrogens with zero attached hydrogens (tertiary/aromatic N) is 3. The molecule has 3 amide bonds. The van der Waals surface area contributed by atoms with Gasteiger partial charge in [-0.25, -0.2) is 14.7 Å². The lowest BCUT2D eigenvalue weighted by Crippen LogP contribution is -2.35. The molecule has 0 spiro atoms. The minimum Gasteiger partial charge on any atom is -0.406 e. The van der Waals surface area contributed by atoms with Gasteiger partial charge in [0.25, 0.3) is 5.91 Å². The Hall–Kier alpha value is -3.82. The number of para-hydroxylation sites is 1. The first kappa shape index (κ1) is 22.4. The molecule has 2 atom stereocenters. The van der Waals surface area contributed by atoms with Crippen LogP contribution in [-0.2, 0) is 4.79 Å². The smallest absolute Gasteiger partial charge is 0.406 e. The first-order valence-electron chi connectivity index (χ1n) is 10.1. The third-order valence-corrected chi connectivity index (χ3v) is 5.48. The zero-order valence-corrected chi connectivity index (χ0v) is 18.1. The number of ether oxygens (including phenoxy) is 1. The minimum atomic E-state index is -4.83. The van der Waals surface area contributed by atoms with E-state index in [0.717, 1.165) is 33.5 Å². The van der Waals surface area contributed by atoms with Gasteiger partial charge in [0.2, 0.25) is 0 Å². The normalized spacial score (nSPS) is 17.3. The van der Waals surface area contributed by atoms with Gasteiger partial charge in [0, 0.05) is 25.4 Å². The van der Waals surface area contributed by atoms with E-state index in [9.17, 15) is 22.8 Å². The van der Waals surface area contributed by atoms with Gasteiger partial charge in [-0.2, -0.15) is 0 Å². The number of hydrogen-bond donors (Lipinski definition) is 1. The SMILES string of the molecule is CC(c1cc(N(C)C)nc2ccccc12)C1NC(=O)N(c2ccc(OC(F)(F)F)cc2)C1=O. The number of aromatic nitrogens is 1. The predicted molar refractivity (Wildman–Crippen MR) is 117 cm³/mol. The number of carbonyl (C=O) groups excluding carboxylic acids is 2. The monoisotopic (exact) mass is 458 g/mol. The molecular formula is C23H21F3N4O3. The topological polar surface area (TPSA) is 74.8 Å². The summed E-state index contributed by atoms with van der Waals surface area (Å²) in [6, 6.07) is 12.5. The van der Waals surface area contributed by atoms with Crippen LogP contribution in [-0.4, -0.2) is 43.4 Å². The first-order valence-corrected chi connectivity index (χ1v) is 10.1. The van der Waals surface area contributed by atoms with Crippen molar-refractivity contribution in [1.82, 2.24) is 10.3 Å². The molecule has 1 fully saturated rings. The maximum absolute atomic E-state index is 13.2. The Balaban J connectivity index is 1.64. The van der Waals surface area contributed by atoms with Crippen molar-refractivity contribution in [1.29, 1.82) is 0 Å². The summed E-state index contributed by atoms with van der Waals surface area (Å²) in [5.74, 6) is -0.623. The highest BCUT2D eigenvalue weighted by Crippen LogP contribution is 2.34. The third kappa shape index (κ3) is 4.41. The number of halogens is 3. The molecule has 172 valence electrons. The van der Waals surface area contributed by atoms with Crippen LogP contribution in [0.4, 0.5) is 29.5 Å². The summed E-state index contributed by atoms with van der Waals surface area (Å²) in [6.07, 6.45) is -4.83.